The van der Waals surface area contributed by atoms with Crippen LogP contribution in [0, 0.1) is 11.8 Å². The summed E-state index contributed by atoms with van der Waals surface area (Å²) in [6, 6.07) is 0. The van der Waals surface area contributed by atoms with Gasteiger partial charge in [0.05, 0.1) is 5.60 Å². The van der Waals surface area contributed by atoms with Crippen LogP contribution in [0.5, 0.6) is 0 Å². The minimum atomic E-state index is -5.55. The zero-order valence-electron chi connectivity index (χ0n) is 9.92. The van der Waals surface area contributed by atoms with E-state index in [1.807, 2.05) is 0 Å². The third-order valence-electron chi connectivity index (χ3n) is 2.87. The summed E-state index contributed by atoms with van der Waals surface area (Å²) < 4.78 is 62.8. The van der Waals surface area contributed by atoms with Crippen LogP contribution >= 0.6 is 0 Å². The van der Waals surface area contributed by atoms with Crippen molar-refractivity contribution in [1.29, 1.82) is 0 Å². The summed E-state index contributed by atoms with van der Waals surface area (Å²) in [5, 5.41) is 0. The Morgan fingerprint density at radius 1 is 1.00 bits per heavy atom. The predicted octanol–water partition coefficient (Wildman–Crippen LogP) is 2.92. The number of rotatable bonds is 4. The van der Waals surface area contributed by atoms with Gasteiger partial charge >= 0.3 is 15.6 Å². The van der Waals surface area contributed by atoms with E-state index < -0.39 is 21.2 Å². The summed E-state index contributed by atoms with van der Waals surface area (Å²) in [7, 11) is -5.55. The van der Waals surface area contributed by atoms with Crippen LogP contribution in [0.25, 0.3) is 0 Å². The quantitative estimate of drug-likeness (QED) is 0.578. The molecule has 0 rings (SSSR count). The Morgan fingerprint density at radius 3 is 1.50 bits per heavy atom. The maximum Gasteiger partial charge on any atom is 0.523 e. The van der Waals surface area contributed by atoms with Crippen LogP contribution in [0.15, 0.2) is 0 Å². The second-order valence-electron chi connectivity index (χ2n) is 4.48. The largest absolute Gasteiger partial charge is 0.523 e. The molecule has 0 atom stereocenters. The molecule has 98 valence electrons. The fourth-order valence-electron chi connectivity index (χ4n) is 1.14. The Morgan fingerprint density at radius 2 is 1.31 bits per heavy atom. The summed E-state index contributed by atoms with van der Waals surface area (Å²) in [4.78, 5) is 0. The Balaban J connectivity index is 5.23. The van der Waals surface area contributed by atoms with Crippen molar-refractivity contribution in [2.24, 2.45) is 11.8 Å². The summed E-state index contributed by atoms with van der Waals surface area (Å²) in [6.45, 7) is 7.83. The number of hydrogen-bond acceptors (Lipinski definition) is 3. The molecule has 0 aromatic carbocycles. The topological polar surface area (TPSA) is 43.4 Å². The second-order valence-corrected chi connectivity index (χ2v) is 6.01. The van der Waals surface area contributed by atoms with Crippen LogP contribution in [-0.2, 0) is 14.3 Å². The maximum absolute atomic E-state index is 12.2. The monoisotopic (exact) mass is 262 g/mol. The van der Waals surface area contributed by atoms with Gasteiger partial charge < -0.3 is 0 Å². The smallest absolute Gasteiger partial charge is 0.256 e. The van der Waals surface area contributed by atoms with Crippen LogP contribution in [0.4, 0.5) is 13.2 Å². The SMILES string of the molecule is CC(C)C(C)(OS(=O)(=O)C(F)(F)F)C(C)C. The molecule has 0 unspecified atom stereocenters. The van der Waals surface area contributed by atoms with E-state index in [0.29, 0.717) is 0 Å². The average molecular weight is 262 g/mol. The van der Waals surface area contributed by atoms with Gasteiger partial charge in [0.25, 0.3) is 0 Å². The van der Waals surface area contributed by atoms with E-state index in [-0.39, 0.29) is 11.8 Å². The highest BCUT2D eigenvalue weighted by Gasteiger charge is 2.52. The molecule has 0 heterocycles. The molecule has 0 saturated carbocycles. The van der Waals surface area contributed by atoms with Gasteiger partial charge in [0.2, 0.25) is 0 Å². The lowest BCUT2D eigenvalue weighted by Gasteiger charge is -2.36. The van der Waals surface area contributed by atoms with Gasteiger partial charge in [-0.1, -0.05) is 27.7 Å². The molecule has 0 amide bonds. The molecule has 16 heavy (non-hydrogen) atoms. The van der Waals surface area contributed by atoms with Crippen LogP contribution in [0.1, 0.15) is 34.6 Å². The molecule has 0 aliphatic rings. The molecule has 7 heteroatoms. The van der Waals surface area contributed by atoms with Crippen LogP contribution in [0.3, 0.4) is 0 Å². The van der Waals surface area contributed by atoms with Crippen molar-refractivity contribution in [3.05, 3.63) is 0 Å². The lowest BCUT2D eigenvalue weighted by atomic mass is 9.82. The molecule has 0 aromatic rings. The molecule has 0 aliphatic carbocycles. The van der Waals surface area contributed by atoms with Gasteiger partial charge in [0.15, 0.2) is 0 Å². The van der Waals surface area contributed by atoms with Crippen molar-refractivity contribution in [3.63, 3.8) is 0 Å². The maximum atomic E-state index is 12.2. The normalized spacial score (nSPS) is 14.9. The first-order chi connectivity index (χ1) is 6.84. The van der Waals surface area contributed by atoms with Gasteiger partial charge in [-0.2, -0.15) is 21.6 Å². The molecular formula is C9H17F3O3S. The predicted molar refractivity (Wildman–Crippen MR) is 54.1 cm³/mol. The average Bonchev–Trinajstić information content (AvgIpc) is 2.00. The molecule has 0 aromatic heterocycles. The lowest BCUT2D eigenvalue weighted by Crippen LogP contribution is -2.45. The van der Waals surface area contributed by atoms with E-state index in [0.717, 1.165) is 0 Å². The zero-order chi connectivity index (χ0) is 13.4. The zero-order valence-corrected chi connectivity index (χ0v) is 10.7. The van der Waals surface area contributed by atoms with E-state index in [4.69, 9.17) is 0 Å². The van der Waals surface area contributed by atoms with Crippen LogP contribution < -0.4 is 0 Å². The highest BCUT2D eigenvalue weighted by molar-refractivity contribution is 7.87. The van der Waals surface area contributed by atoms with E-state index >= 15 is 0 Å². The summed E-state index contributed by atoms with van der Waals surface area (Å²) >= 11 is 0. The summed E-state index contributed by atoms with van der Waals surface area (Å²) in [6.07, 6.45) is 0. The van der Waals surface area contributed by atoms with Gasteiger partial charge in [0, 0.05) is 0 Å². The first-order valence-corrected chi connectivity index (χ1v) is 6.27. The van der Waals surface area contributed by atoms with Crippen molar-refractivity contribution in [2.75, 3.05) is 0 Å². The fourth-order valence-corrected chi connectivity index (χ4v) is 2.09. The van der Waals surface area contributed by atoms with Gasteiger partial charge in [-0.3, -0.25) is 4.18 Å². The van der Waals surface area contributed by atoms with Crippen molar-refractivity contribution in [3.8, 4) is 0 Å². The molecule has 0 spiro atoms. The Bertz CT molecular complexity index is 322. The fraction of sp³-hybridized carbons (Fsp3) is 1.00. The van der Waals surface area contributed by atoms with Crippen molar-refractivity contribution < 1.29 is 25.8 Å². The first kappa shape index (κ1) is 15.7. The first-order valence-electron chi connectivity index (χ1n) is 4.86. The molecular weight excluding hydrogens is 245 g/mol. The Hall–Kier alpha value is -0.300. The minimum absolute atomic E-state index is 0.357. The molecule has 0 aliphatic heterocycles. The van der Waals surface area contributed by atoms with Crippen molar-refractivity contribution in [1.82, 2.24) is 0 Å². The highest BCUT2D eigenvalue weighted by atomic mass is 32.2. The van der Waals surface area contributed by atoms with E-state index in [1.165, 1.54) is 6.92 Å². The van der Waals surface area contributed by atoms with Crippen molar-refractivity contribution >= 4 is 10.1 Å². The minimum Gasteiger partial charge on any atom is -0.256 e. The van der Waals surface area contributed by atoms with Crippen LogP contribution in [0.2, 0.25) is 0 Å². The molecule has 0 saturated heterocycles. The molecule has 0 bridgehead atoms. The van der Waals surface area contributed by atoms with E-state index in [9.17, 15) is 21.6 Å². The summed E-state index contributed by atoms with van der Waals surface area (Å²) in [5.74, 6) is -0.714. The number of hydrogen-bond donors (Lipinski definition) is 0. The standard InChI is InChI=1S/C9H17F3O3S/c1-6(2)8(5,7(3)4)15-16(13,14)9(10,11)12/h6-7H,1-5H3. The third kappa shape index (κ3) is 3.10. The van der Waals surface area contributed by atoms with Gasteiger partial charge in [0.1, 0.15) is 0 Å². The molecule has 0 fully saturated rings. The van der Waals surface area contributed by atoms with Gasteiger partial charge in [-0.25, -0.2) is 0 Å². The molecule has 0 radical (unpaired) electrons. The van der Waals surface area contributed by atoms with Gasteiger partial charge in [-0.15, -0.1) is 0 Å². The van der Waals surface area contributed by atoms with E-state index in [1.54, 1.807) is 27.7 Å². The number of alkyl halides is 3. The summed E-state index contributed by atoms with van der Waals surface area (Å²) in [5.41, 5.74) is -6.74. The van der Waals surface area contributed by atoms with E-state index in [2.05, 4.69) is 4.18 Å². The second kappa shape index (κ2) is 4.52. The third-order valence-corrected chi connectivity index (χ3v) is 4.01. The van der Waals surface area contributed by atoms with Gasteiger partial charge in [-0.05, 0) is 18.8 Å². The molecule has 3 nitrogen and oxygen atoms in total. The number of halogens is 3. The molecule has 0 N–H and O–H groups in total. The Kier molecular flexibility index (Phi) is 4.44. The van der Waals surface area contributed by atoms with Crippen molar-refractivity contribution in [2.45, 2.75) is 45.7 Å². The Labute approximate surface area is 94.1 Å². The highest BCUT2D eigenvalue weighted by Crippen LogP contribution is 2.36. The van der Waals surface area contributed by atoms with Crippen LogP contribution in [-0.4, -0.2) is 19.5 Å². The lowest BCUT2D eigenvalue weighted by molar-refractivity contribution is -0.0764.